The van der Waals surface area contributed by atoms with Gasteiger partial charge in [0.2, 0.25) is 5.52 Å². The van der Waals surface area contributed by atoms with Gasteiger partial charge in [0.15, 0.2) is 6.20 Å². The van der Waals surface area contributed by atoms with Crippen LogP contribution in [0.25, 0.3) is 10.9 Å². The number of hydrogen-bond donors (Lipinski definition) is 0. The van der Waals surface area contributed by atoms with E-state index in [-0.39, 0.29) is 5.75 Å². The number of ether oxygens (including phenoxy) is 1. The van der Waals surface area contributed by atoms with Crippen molar-refractivity contribution in [3.63, 3.8) is 0 Å². The first-order chi connectivity index (χ1) is 8.99. The molecule has 0 aliphatic heterocycles. The van der Waals surface area contributed by atoms with Gasteiger partial charge in [0.25, 0.3) is 0 Å². The molecule has 0 atom stereocenters. The van der Waals surface area contributed by atoms with Gasteiger partial charge < -0.3 is 9.29 Å². The van der Waals surface area contributed by atoms with Crippen LogP contribution >= 0.6 is 0 Å². The summed E-state index contributed by atoms with van der Waals surface area (Å²) in [6, 6.07) is 9.56. The van der Waals surface area contributed by atoms with Crippen LogP contribution in [0.15, 0.2) is 36.5 Å². The van der Waals surface area contributed by atoms with Crippen LogP contribution in [0.4, 0.5) is 0 Å². The lowest BCUT2D eigenvalue weighted by Crippen LogP contribution is -2.35. The summed E-state index contributed by atoms with van der Waals surface area (Å²) in [6.07, 6.45) is 2.16. The summed E-state index contributed by atoms with van der Waals surface area (Å²) in [5.74, 6) is 0.393. The predicted molar refractivity (Wildman–Crippen MR) is 69.9 cm³/mol. The zero-order valence-electron chi connectivity index (χ0n) is 10.6. The monoisotopic (exact) mass is 281 g/mol. The standard InChI is InChI=1S/C13H15NO4S/c1-18-12-6-5-11-4-2-7-14(13(11)10-12)8-3-9-19(15,16)17/h2,4-7,10H,3,8-9H2,1H3. The lowest BCUT2D eigenvalue weighted by molar-refractivity contribution is -0.671. The molecule has 1 aromatic heterocycles. The average Bonchev–Trinajstić information content (AvgIpc) is 2.37. The molecule has 0 spiro atoms. The Balaban J connectivity index is 2.27. The van der Waals surface area contributed by atoms with E-state index in [2.05, 4.69) is 0 Å². The molecule has 0 radical (unpaired) electrons. The Bertz CT molecular complexity index is 682. The number of fused-ring (bicyclic) bond motifs is 1. The Kier molecular flexibility index (Phi) is 4.01. The Hall–Kier alpha value is -1.66. The van der Waals surface area contributed by atoms with Crippen molar-refractivity contribution in [1.29, 1.82) is 0 Å². The van der Waals surface area contributed by atoms with E-state index in [9.17, 15) is 13.0 Å². The molecule has 0 amide bonds. The largest absolute Gasteiger partial charge is 0.748 e. The Morgan fingerprint density at radius 3 is 2.79 bits per heavy atom. The number of aromatic nitrogens is 1. The molecule has 0 saturated carbocycles. The molecule has 2 rings (SSSR count). The van der Waals surface area contributed by atoms with Crippen molar-refractivity contribution in [1.82, 2.24) is 0 Å². The molecule has 0 fully saturated rings. The molecule has 0 aliphatic rings. The van der Waals surface area contributed by atoms with Crippen LogP contribution in [0.1, 0.15) is 6.42 Å². The number of methoxy groups -OCH3 is 1. The quantitative estimate of drug-likeness (QED) is 0.607. The van der Waals surface area contributed by atoms with E-state index in [1.54, 1.807) is 7.11 Å². The van der Waals surface area contributed by atoms with Crippen LogP contribution in [0.3, 0.4) is 0 Å². The lowest BCUT2D eigenvalue weighted by Gasteiger charge is -2.06. The summed E-state index contributed by atoms with van der Waals surface area (Å²) in [6.45, 7) is 0.478. The van der Waals surface area contributed by atoms with Crippen LogP contribution in [0.5, 0.6) is 5.75 Å². The van der Waals surface area contributed by atoms with Crippen molar-refractivity contribution >= 4 is 21.0 Å². The van der Waals surface area contributed by atoms with E-state index in [1.807, 2.05) is 41.1 Å². The summed E-state index contributed by atoms with van der Waals surface area (Å²) in [7, 11) is -2.55. The fraction of sp³-hybridized carbons (Fsp3) is 0.308. The van der Waals surface area contributed by atoms with Crippen molar-refractivity contribution in [3.8, 4) is 5.75 Å². The second kappa shape index (κ2) is 5.54. The summed E-state index contributed by atoms with van der Waals surface area (Å²) in [5.41, 5.74) is 0.949. The van der Waals surface area contributed by atoms with E-state index in [0.29, 0.717) is 13.0 Å². The van der Waals surface area contributed by atoms with Crippen LogP contribution in [0, 0.1) is 0 Å². The third kappa shape index (κ3) is 3.65. The molecule has 1 heterocycles. The van der Waals surface area contributed by atoms with Crippen LogP contribution in [-0.2, 0) is 16.7 Å². The van der Waals surface area contributed by atoms with E-state index in [1.165, 1.54) is 0 Å². The number of nitrogens with zero attached hydrogens (tertiary/aromatic N) is 1. The summed E-state index contributed by atoms with van der Waals surface area (Å²) in [5, 5.41) is 1.04. The zero-order chi connectivity index (χ0) is 13.9. The molecule has 0 saturated heterocycles. The maximum absolute atomic E-state index is 10.6. The molecule has 5 nitrogen and oxygen atoms in total. The fourth-order valence-corrected chi connectivity index (χ4v) is 2.46. The molecule has 102 valence electrons. The Labute approximate surface area is 112 Å². The number of hydrogen-bond acceptors (Lipinski definition) is 4. The SMILES string of the molecule is COc1ccc2ccc[n+](CCCS(=O)(=O)[O-])c2c1. The molecular formula is C13H15NO4S. The smallest absolute Gasteiger partial charge is 0.216 e. The van der Waals surface area contributed by atoms with E-state index in [4.69, 9.17) is 4.74 Å². The highest BCUT2D eigenvalue weighted by atomic mass is 32.2. The highest BCUT2D eigenvalue weighted by Gasteiger charge is 2.10. The van der Waals surface area contributed by atoms with Gasteiger partial charge >= 0.3 is 0 Å². The number of benzene rings is 1. The summed E-state index contributed by atoms with van der Waals surface area (Å²) >= 11 is 0. The van der Waals surface area contributed by atoms with Gasteiger partial charge in [0.1, 0.15) is 12.3 Å². The third-order valence-corrected chi connectivity index (χ3v) is 3.67. The first-order valence-corrected chi connectivity index (χ1v) is 7.47. The summed E-state index contributed by atoms with van der Waals surface area (Å²) in [4.78, 5) is 0. The third-order valence-electron chi connectivity index (χ3n) is 2.88. The minimum atomic E-state index is -4.15. The first kappa shape index (κ1) is 13.8. The molecule has 0 aliphatic carbocycles. The molecule has 2 aromatic rings. The van der Waals surface area contributed by atoms with Gasteiger partial charge in [-0.05, 0) is 18.2 Å². The fourth-order valence-electron chi connectivity index (χ4n) is 1.98. The molecule has 0 bridgehead atoms. The van der Waals surface area contributed by atoms with Gasteiger partial charge in [-0.1, -0.05) is 0 Å². The second-order valence-corrected chi connectivity index (χ2v) is 5.77. The molecule has 19 heavy (non-hydrogen) atoms. The predicted octanol–water partition coefficient (Wildman–Crippen LogP) is 1.07. The second-order valence-electron chi connectivity index (χ2n) is 4.24. The van der Waals surface area contributed by atoms with Crippen molar-refractivity contribution in [2.75, 3.05) is 12.9 Å². The van der Waals surface area contributed by atoms with Crippen LogP contribution < -0.4 is 9.30 Å². The minimum absolute atomic E-state index is 0.298. The van der Waals surface area contributed by atoms with Crippen molar-refractivity contribution < 1.29 is 22.3 Å². The highest BCUT2D eigenvalue weighted by molar-refractivity contribution is 7.85. The molecule has 0 unspecified atom stereocenters. The van der Waals surface area contributed by atoms with E-state index >= 15 is 0 Å². The average molecular weight is 281 g/mol. The summed E-state index contributed by atoms with van der Waals surface area (Å²) < 4.78 is 38.9. The number of aryl methyl sites for hydroxylation is 1. The van der Waals surface area contributed by atoms with Crippen LogP contribution in [-0.4, -0.2) is 25.8 Å². The van der Waals surface area contributed by atoms with Gasteiger partial charge in [-0.15, -0.1) is 0 Å². The zero-order valence-corrected chi connectivity index (χ0v) is 11.4. The van der Waals surface area contributed by atoms with Gasteiger partial charge in [-0.3, -0.25) is 0 Å². The van der Waals surface area contributed by atoms with Gasteiger partial charge in [-0.25, -0.2) is 8.42 Å². The molecular weight excluding hydrogens is 266 g/mol. The molecule has 6 heteroatoms. The lowest BCUT2D eigenvalue weighted by atomic mass is 10.2. The molecule has 1 aromatic carbocycles. The normalized spacial score (nSPS) is 11.7. The van der Waals surface area contributed by atoms with Gasteiger partial charge in [0, 0.05) is 23.6 Å². The maximum atomic E-state index is 10.6. The maximum Gasteiger partial charge on any atom is 0.216 e. The van der Waals surface area contributed by atoms with Gasteiger partial charge in [-0.2, -0.15) is 4.57 Å². The Morgan fingerprint density at radius 2 is 2.11 bits per heavy atom. The topological polar surface area (TPSA) is 70.3 Å². The van der Waals surface area contributed by atoms with Crippen molar-refractivity contribution in [3.05, 3.63) is 36.5 Å². The first-order valence-electron chi connectivity index (χ1n) is 5.89. The van der Waals surface area contributed by atoms with Gasteiger partial charge in [0.05, 0.1) is 23.3 Å². The highest BCUT2D eigenvalue weighted by Crippen LogP contribution is 2.17. The number of rotatable bonds is 5. The van der Waals surface area contributed by atoms with Crippen molar-refractivity contribution in [2.24, 2.45) is 0 Å². The van der Waals surface area contributed by atoms with E-state index in [0.717, 1.165) is 16.7 Å². The van der Waals surface area contributed by atoms with E-state index < -0.39 is 10.1 Å². The number of pyridine rings is 1. The minimum Gasteiger partial charge on any atom is -0.748 e. The van der Waals surface area contributed by atoms with Crippen LogP contribution in [0.2, 0.25) is 0 Å². The molecule has 0 N–H and O–H groups in total. The Morgan fingerprint density at radius 1 is 1.32 bits per heavy atom. The van der Waals surface area contributed by atoms with Crippen molar-refractivity contribution in [2.45, 2.75) is 13.0 Å².